The summed E-state index contributed by atoms with van der Waals surface area (Å²) in [6.45, 7) is 4.67. The normalized spacial score (nSPS) is 16.1. The molecular formula is C15H17N3O2S. The first kappa shape index (κ1) is 14.0. The molecule has 0 aliphatic carbocycles. The minimum absolute atomic E-state index is 0.355. The monoisotopic (exact) mass is 303 g/mol. The molecule has 1 aromatic carbocycles. The summed E-state index contributed by atoms with van der Waals surface area (Å²) < 4.78 is 0. The number of thiazole rings is 1. The van der Waals surface area contributed by atoms with Gasteiger partial charge in [-0.05, 0) is 17.7 Å². The van der Waals surface area contributed by atoms with Crippen molar-refractivity contribution in [3.63, 3.8) is 0 Å². The molecule has 0 bridgehead atoms. The number of carbonyl (C=O) groups is 1. The number of hydrogen-bond donors (Lipinski definition) is 1. The maximum atomic E-state index is 11.0. The summed E-state index contributed by atoms with van der Waals surface area (Å²) in [6.07, 6.45) is 1.84. The number of carboxylic acids is 1. The molecule has 0 atom stereocenters. The maximum absolute atomic E-state index is 11.0. The van der Waals surface area contributed by atoms with Crippen molar-refractivity contribution >= 4 is 22.4 Å². The number of anilines is 1. The zero-order valence-corrected chi connectivity index (χ0v) is 12.4. The summed E-state index contributed by atoms with van der Waals surface area (Å²) in [5.74, 6) is -0.870. The lowest BCUT2D eigenvalue weighted by atomic mass is 10.1. The lowest BCUT2D eigenvalue weighted by Crippen LogP contribution is -2.45. The molecule has 1 fully saturated rings. The van der Waals surface area contributed by atoms with E-state index in [1.807, 2.05) is 23.7 Å². The van der Waals surface area contributed by atoms with Crippen molar-refractivity contribution < 1.29 is 9.90 Å². The smallest absolute Gasteiger partial charge is 0.335 e. The van der Waals surface area contributed by atoms with Gasteiger partial charge in [0.05, 0.1) is 5.56 Å². The van der Waals surface area contributed by atoms with Crippen LogP contribution in [-0.2, 0) is 6.54 Å². The summed E-state index contributed by atoms with van der Waals surface area (Å²) in [7, 11) is 0. The minimum Gasteiger partial charge on any atom is -0.478 e. The van der Waals surface area contributed by atoms with Crippen molar-refractivity contribution in [2.45, 2.75) is 6.54 Å². The number of piperazine rings is 1. The molecule has 110 valence electrons. The van der Waals surface area contributed by atoms with Gasteiger partial charge in [-0.15, -0.1) is 11.3 Å². The van der Waals surface area contributed by atoms with Crippen LogP contribution < -0.4 is 4.90 Å². The van der Waals surface area contributed by atoms with E-state index in [-0.39, 0.29) is 0 Å². The first-order chi connectivity index (χ1) is 10.2. The number of aromatic carboxylic acids is 1. The Balaban J connectivity index is 1.58. The molecule has 0 amide bonds. The lowest BCUT2D eigenvalue weighted by molar-refractivity contribution is 0.0696. The van der Waals surface area contributed by atoms with Crippen molar-refractivity contribution in [2.75, 3.05) is 31.1 Å². The predicted octanol–water partition coefficient (Wildman–Crippen LogP) is 2.16. The molecule has 5 nitrogen and oxygen atoms in total. The molecule has 1 aliphatic rings. The van der Waals surface area contributed by atoms with Crippen LogP contribution in [0.4, 0.5) is 5.13 Å². The standard InChI is InChI=1S/C15H17N3O2S/c19-14(20)13-3-1-2-12(10-13)11-17-5-7-18(8-6-17)15-16-4-9-21-15/h1-4,9-10H,5-8,11H2,(H,19,20). The summed E-state index contributed by atoms with van der Waals surface area (Å²) >= 11 is 1.67. The Hall–Kier alpha value is -1.92. The molecule has 1 saturated heterocycles. The van der Waals surface area contributed by atoms with Gasteiger partial charge in [-0.2, -0.15) is 0 Å². The number of hydrogen-bond acceptors (Lipinski definition) is 5. The molecule has 2 heterocycles. The average Bonchev–Trinajstić information content (AvgIpc) is 3.02. The van der Waals surface area contributed by atoms with Crippen LogP contribution in [0.5, 0.6) is 0 Å². The predicted molar refractivity (Wildman–Crippen MR) is 83.0 cm³/mol. The molecule has 21 heavy (non-hydrogen) atoms. The third kappa shape index (κ3) is 3.40. The van der Waals surface area contributed by atoms with E-state index in [1.165, 1.54) is 0 Å². The molecule has 0 radical (unpaired) electrons. The number of rotatable bonds is 4. The maximum Gasteiger partial charge on any atom is 0.335 e. The number of aromatic nitrogens is 1. The molecule has 0 saturated carbocycles. The van der Waals surface area contributed by atoms with Gasteiger partial charge in [0.1, 0.15) is 0 Å². The first-order valence-corrected chi connectivity index (χ1v) is 7.79. The van der Waals surface area contributed by atoms with Crippen molar-refractivity contribution in [3.05, 3.63) is 47.0 Å². The fourth-order valence-electron chi connectivity index (χ4n) is 2.53. The van der Waals surface area contributed by atoms with Crippen LogP contribution in [-0.4, -0.2) is 47.1 Å². The highest BCUT2D eigenvalue weighted by Gasteiger charge is 2.18. The number of benzene rings is 1. The van der Waals surface area contributed by atoms with E-state index < -0.39 is 5.97 Å². The van der Waals surface area contributed by atoms with E-state index >= 15 is 0 Å². The summed E-state index contributed by atoms with van der Waals surface area (Å²) in [4.78, 5) is 20.0. The van der Waals surface area contributed by atoms with Crippen molar-refractivity contribution in [3.8, 4) is 0 Å². The van der Waals surface area contributed by atoms with E-state index in [0.717, 1.165) is 43.4 Å². The van der Waals surface area contributed by atoms with Crippen LogP contribution in [0.2, 0.25) is 0 Å². The molecule has 6 heteroatoms. The van der Waals surface area contributed by atoms with E-state index in [1.54, 1.807) is 23.5 Å². The second-order valence-electron chi connectivity index (χ2n) is 5.08. The fraction of sp³-hybridized carbons (Fsp3) is 0.333. The molecule has 1 aromatic heterocycles. The van der Waals surface area contributed by atoms with Crippen molar-refractivity contribution in [1.29, 1.82) is 0 Å². The highest BCUT2D eigenvalue weighted by Crippen LogP contribution is 2.19. The van der Waals surface area contributed by atoms with Crippen LogP contribution in [0.25, 0.3) is 0 Å². The number of carboxylic acid groups (broad SMARTS) is 1. The highest BCUT2D eigenvalue weighted by molar-refractivity contribution is 7.13. The zero-order valence-electron chi connectivity index (χ0n) is 11.6. The molecule has 2 aromatic rings. The average molecular weight is 303 g/mol. The Kier molecular flexibility index (Phi) is 4.17. The Morgan fingerprint density at radius 2 is 2.10 bits per heavy atom. The zero-order chi connectivity index (χ0) is 14.7. The van der Waals surface area contributed by atoms with Gasteiger partial charge in [0.15, 0.2) is 5.13 Å². The number of nitrogens with zero attached hydrogens (tertiary/aromatic N) is 3. The molecule has 1 N–H and O–H groups in total. The van der Waals surface area contributed by atoms with Gasteiger partial charge in [0.2, 0.25) is 0 Å². The fourth-order valence-corrected chi connectivity index (χ4v) is 3.23. The van der Waals surface area contributed by atoms with Crippen LogP contribution in [0, 0.1) is 0 Å². The van der Waals surface area contributed by atoms with Gasteiger partial charge in [0.25, 0.3) is 0 Å². The van der Waals surface area contributed by atoms with Gasteiger partial charge < -0.3 is 10.0 Å². The molecule has 0 spiro atoms. The summed E-state index contributed by atoms with van der Waals surface area (Å²) in [5, 5.41) is 12.1. The lowest BCUT2D eigenvalue weighted by Gasteiger charge is -2.34. The SMILES string of the molecule is O=C(O)c1cccc(CN2CCN(c3nccs3)CC2)c1. The van der Waals surface area contributed by atoms with E-state index in [0.29, 0.717) is 5.56 Å². The minimum atomic E-state index is -0.870. The topological polar surface area (TPSA) is 56.7 Å². The van der Waals surface area contributed by atoms with Crippen LogP contribution in [0.3, 0.4) is 0 Å². The van der Waals surface area contributed by atoms with Crippen molar-refractivity contribution in [2.24, 2.45) is 0 Å². The molecular weight excluding hydrogens is 286 g/mol. The summed E-state index contributed by atoms with van der Waals surface area (Å²) in [5.41, 5.74) is 1.41. The van der Waals surface area contributed by atoms with Gasteiger partial charge in [-0.3, -0.25) is 4.90 Å². The summed E-state index contributed by atoms with van der Waals surface area (Å²) in [6, 6.07) is 7.19. The van der Waals surface area contributed by atoms with E-state index in [4.69, 9.17) is 5.11 Å². The Morgan fingerprint density at radius 1 is 1.29 bits per heavy atom. The Labute approximate surface area is 127 Å². The second kappa shape index (κ2) is 6.24. The molecule has 3 rings (SSSR count). The van der Waals surface area contributed by atoms with Gasteiger partial charge in [-0.25, -0.2) is 9.78 Å². The van der Waals surface area contributed by atoms with Crippen LogP contribution in [0.15, 0.2) is 35.8 Å². The van der Waals surface area contributed by atoms with Crippen molar-refractivity contribution in [1.82, 2.24) is 9.88 Å². The van der Waals surface area contributed by atoms with Gasteiger partial charge >= 0.3 is 5.97 Å². The van der Waals surface area contributed by atoms with E-state index in [9.17, 15) is 4.79 Å². The molecule has 1 aliphatic heterocycles. The third-order valence-corrected chi connectivity index (χ3v) is 4.47. The van der Waals surface area contributed by atoms with Gasteiger partial charge in [0, 0.05) is 44.3 Å². The second-order valence-corrected chi connectivity index (χ2v) is 5.96. The first-order valence-electron chi connectivity index (χ1n) is 6.91. The van der Waals surface area contributed by atoms with Crippen LogP contribution >= 0.6 is 11.3 Å². The largest absolute Gasteiger partial charge is 0.478 e. The van der Waals surface area contributed by atoms with E-state index in [2.05, 4.69) is 14.8 Å². The molecule has 0 unspecified atom stereocenters. The highest BCUT2D eigenvalue weighted by atomic mass is 32.1. The van der Waals surface area contributed by atoms with Crippen LogP contribution in [0.1, 0.15) is 15.9 Å². The Bertz CT molecular complexity index is 607. The quantitative estimate of drug-likeness (QED) is 0.938. The van der Waals surface area contributed by atoms with Gasteiger partial charge in [-0.1, -0.05) is 12.1 Å². The third-order valence-electron chi connectivity index (χ3n) is 3.64. The Morgan fingerprint density at radius 3 is 2.76 bits per heavy atom.